The van der Waals surface area contributed by atoms with Crippen LogP contribution in [0.4, 0.5) is 5.13 Å². The minimum Gasteiger partial charge on any atom is -0.497 e. The number of furan rings is 1. The first-order valence-electron chi connectivity index (χ1n) is 5.86. The maximum Gasteiger partial charge on any atom is 0.230 e. The molecule has 0 spiro atoms. The summed E-state index contributed by atoms with van der Waals surface area (Å²) in [4.78, 5) is 11.9. The number of anilines is 1. The lowest BCUT2D eigenvalue weighted by atomic mass is 10.1. The van der Waals surface area contributed by atoms with Crippen molar-refractivity contribution < 1.29 is 13.9 Å². The van der Waals surface area contributed by atoms with Crippen LogP contribution in [0, 0.1) is 0 Å². The number of methoxy groups -OCH3 is 1. The molecule has 0 unspecified atom stereocenters. The highest BCUT2D eigenvalue weighted by Gasteiger charge is 2.12. The smallest absolute Gasteiger partial charge is 0.230 e. The molecule has 0 aliphatic heterocycles. The first-order chi connectivity index (χ1) is 9.76. The van der Waals surface area contributed by atoms with Gasteiger partial charge in [-0.25, -0.2) is 0 Å². The van der Waals surface area contributed by atoms with E-state index in [2.05, 4.69) is 15.5 Å². The van der Waals surface area contributed by atoms with Gasteiger partial charge in [-0.05, 0) is 12.1 Å². The number of ether oxygens (including phenoxy) is 1. The average Bonchev–Trinajstić information content (AvgIpc) is 3.08. The SMILES string of the molecule is COc1ccc2c(CC(=O)Nc3nncs3)coc2c1. The Morgan fingerprint density at radius 1 is 1.50 bits per heavy atom. The molecule has 102 valence electrons. The summed E-state index contributed by atoms with van der Waals surface area (Å²) in [5.41, 5.74) is 3.09. The van der Waals surface area contributed by atoms with Crippen LogP contribution in [0.2, 0.25) is 0 Å². The van der Waals surface area contributed by atoms with Crippen molar-refractivity contribution in [2.45, 2.75) is 6.42 Å². The molecule has 1 amide bonds. The first kappa shape index (κ1) is 12.6. The Morgan fingerprint density at radius 3 is 3.15 bits per heavy atom. The molecule has 20 heavy (non-hydrogen) atoms. The minimum absolute atomic E-state index is 0.153. The fourth-order valence-corrected chi connectivity index (χ4v) is 2.35. The van der Waals surface area contributed by atoms with Crippen LogP contribution in [-0.2, 0) is 11.2 Å². The zero-order valence-corrected chi connectivity index (χ0v) is 11.4. The second-order valence-corrected chi connectivity index (χ2v) is 4.93. The zero-order valence-electron chi connectivity index (χ0n) is 10.6. The number of nitrogens with one attached hydrogen (secondary N) is 1. The number of rotatable bonds is 4. The molecular weight excluding hydrogens is 278 g/mol. The predicted octanol–water partition coefficient (Wildman–Crippen LogP) is 2.47. The molecule has 3 rings (SSSR count). The van der Waals surface area contributed by atoms with Gasteiger partial charge in [0.05, 0.1) is 19.8 Å². The lowest BCUT2D eigenvalue weighted by molar-refractivity contribution is -0.115. The Hall–Kier alpha value is -2.41. The molecule has 2 aromatic heterocycles. The number of hydrogen-bond acceptors (Lipinski definition) is 6. The van der Waals surface area contributed by atoms with Gasteiger partial charge in [-0.1, -0.05) is 11.3 Å². The summed E-state index contributed by atoms with van der Waals surface area (Å²) in [5, 5.41) is 11.5. The van der Waals surface area contributed by atoms with Gasteiger partial charge in [0.1, 0.15) is 16.8 Å². The van der Waals surface area contributed by atoms with E-state index in [-0.39, 0.29) is 12.3 Å². The number of benzene rings is 1. The third-order valence-corrected chi connectivity index (χ3v) is 3.43. The zero-order chi connectivity index (χ0) is 13.9. The average molecular weight is 289 g/mol. The summed E-state index contributed by atoms with van der Waals surface area (Å²) >= 11 is 1.28. The number of hydrogen-bond donors (Lipinski definition) is 1. The van der Waals surface area contributed by atoms with E-state index in [0.29, 0.717) is 10.7 Å². The van der Waals surface area contributed by atoms with Gasteiger partial charge in [-0.2, -0.15) is 0 Å². The van der Waals surface area contributed by atoms with E-state index in [0.717, 1.165) is 16.7 Å². The van der Waals surface area contributed by atoms with Gasteiger partial charge in [0.2, 0.25) is 11.0 Å². The third kappa shape index (κ3) is 2.48. The van der Waals surface area contributed by atoms with Gasteiger partial charge in [0.25, 0.3) is 0 Å². The van der Waals surface area contributed by atoms with Crippen LogP contribution >= 0.6 is 11.3 Å². The van der Waals surface area contributed by atoms with Gasteiger partial charge >= 0.3 is 0 Å². The maximum absolute atomic E-state index is 11.9. The molecule has 0 atom stereocenters. The summed E-state index contributed by atoms with van der Waals surface area (Å²) in [7, 11) is 1.60. The van der Waals surface area contributed by atoms with E-state index < -0.39 is 0 Å². The van der Waals surface area contributed by atoms with Crippen LogP contribution in [0.25, 0.3) is 11.0 Å². The minimum atomic E-state index is -0.153. The van der Waals surface area contributed by atoms with E-state index in [1.807, 2.05) is 12.1 Å². The molecule has 7 heteroatoms. The summed E-state index contributed by atoms with van der Waals surface area (Å²) < 4.78 is 10.6. The Kier molecular flexibility index (Phi) is 3.34. The fraction of sp³-hybridized carbons (Fsp3) is 0.154. The van der Waals surface area contributed by atoms with Crippen molar-refractivity contribution >= 4 is 33.3 Å². The van der Waals surface area contributed by atoms with Gasteiger partial charge in [-0.3, -0.25) is 4.79 Å². The number of aromatic nitrogens is 2. The largest absolute Gasteiger partial charge is 0.497 e. The molecule has 0 fully saturated rings. The Morgan fingerprint density at radius 2 is 2.40 bits per heavy atom. The highest BCUT2D eigenvalue weighted by Crippen LogP contribution is 2.26. The lowest BCUT2D eigenvalue weighted by Gasteiger charge is -2.00. The topological polar surface area (TPSA) is 77.2 Å². The maximum atomic E-state index is 11.9. The van der Waals surface area contributed by atoms with Crippen molar-refractivity contribution in [2.24, 2.45) is 0 Å². The molecule has 0 aliphatic carbocycles. The number of fused-ring (bicyclic) bond motifs is 1. The first-order valence-corrected chi connectivity index (χ1v) is 6.74. The fourth-order valence-electron chi connectivity index (χ4n) is 1.89. The summed E-state index contributed by atoms with van der Waals surface area (Å²) in [6.07, 6.45) is 1.81. The highest BCUT2D eigenvalue weighted by molar-refractivity contribution is 7.13. The molecule has 6 nitrogen and oxygen atoms in total. The van der Waals surface area contributed by atoms with Gasteiger partial charge < -0.3 is 14.5 Å². The number of amides is 1. The van der Waals surface area contributed by atoms with Crippen molar-refractivity contribution in [2.75, 3.05) is 12.4 Å². The van der Waals surface area contributed by atoms with Gasteiger partial charge in [-0.15, -0.1) is 10.2 Å². The quantitative estimate of drug-likeness (QED) is 0.798. The van der Waals surface area contributed by atoms with Crippen LogP contribution in [0.15, 0.2) is 34.4 Å². The van der Waals surface area contributed by atoms with Crippen molar-refractivity contribution in [3.8, 4) is 5.75 Å². The van der Waals surface area contributed by atoms with E-state index in [1.165, 1.54) is 11.3 Å². The van der Waals surface area contributed by atoms with Crippen LogP contribution < -0.4 is 10.1 Å². The molecule has 1 N–H and O–H groups in total. The molecule has 0 radical (unpaired) electrons. The van der Waals surface area contributed by atoms with E-state index >= 15 is 0 Å². The van der Waals surface area contributed by atoms with Crippen molar-refractivity contribution in [3.05, 3.63) is 35.5 Å². The molecule has 1 aromatic carbocycles. The van der Waals surface area contributed by atoms with E-state index in [4.69, 9.17) is 9.15 Å². The summed E-state index contributed by atoms with van der Waals surface area (Å²) in [6, 6.07) is 5.51. The summed E-state index contributed by atoms with van der Waals surface area (Å²) in [5.74, 6) is 0.567. The highest BCUT2D eigenvalue weighted by atomic mass is 32.1. The normalized spacial score (nSPS) is 10.7. The van der Waals surface area contributed by atoms with Crippen LogP contribution in [-0.4, -0.2) is 23.2 Å². The summed E-state index contributed by atoms with van der Waals surface area (Å²) in [6.45, 7) is 0. The standard InChI is InChI=1S/C13H11N3O3S/c1-18-9-2-3-10-8(6-19-11(10)5-9)4-12(17)15-13-16-14-7-20-13/h2-3,5-7H,4H2,1H3,(H,15,16,17). The number of carbonyl (C=O) groups is 1. The number of carbonyl (C=O) groups excluding carboxylic acids is 1. The van der Waals surface area contributed by atoms with E-state index in [9.17, 15) is 4.79 Å². The molecule has 2 heterocycles. The van der Waals surface area contributed by atoms with Crippen LogP contribution in [0.1, 0.15) is 5.56 Å². The Balaban J connectivity index is 1.79. The Labute approximate surface area is 118 Å². The second-order valence-electron chi connectivity index (χ2n) is 4.09. The second kappa shape index (κ2) is 5.30. The molecule has 0 saturated carbocycles. The van der Waals surface area contributed by atoms with Gasteiger partial charge in [0.15, 0.2) is 0 Å². The van der Waals surface area contributed by atoms with Crippen molar-refractivity contribution in [1.29, 1.82) is 0 Å². The van der Waals surface area contributed by atoms with Crippen LogP contribution in [0.5, 0.6) is 5.75 Å². The predicted molar refractivity (Wildman–Crippen MR) is 75.0 cm³/mol. The molecule has 0 saturated heterocycles. The third-order valence-electron chi connectivity index (χ3n) is 2.82. The number of nitrogens with zero attached hydrogens (tertiary/aromatic N) is 2. The molecule has 0 bridgehead atoms. The monoisotopic (exact) mass is 289 g/mol. The molecular formula is C13H11N3O3S. The lowest BCUT2D eigenvalue weighted by Crippen LogP contribution is -2.13. The molecule has 0 aliphatic rings. The van der Waals surface area contributed by atoms with Crippen LogP contribution in [0.3, 0.4) is 0 Å². The molecule has 3 aromatic rings. The van der Waals surface area contributed by atoms with Gasteiger partial charge in [0, 0.05) is 17.0 Å². The Bertz CT molecular complexity index is 736. The van der Waals surface area contributed by atoms with Crippen molar-refractivity contribution in [3.63, 3.8) is 0 Å². The van der Waals surface area contributed by atoms with E-state index in [1.54, 1.807) is 24.9 Å². The van der Waals surface area contributed by atoms with Crippen molar-refractivity contribution in [1.82, 2.24) is 10.2 Å².